The Morgan fingerprint density at radius 3 is 2.83 bits per heavy atom. The summed E-state index contributed by atoms with van der Waals surface area (Å²) >= 11 is 0. The van der Waals surface area contributed by atoms with Crippen molar-refractivity contribution in [2.45, 2.75) is 12.3 Å². The van der Waals surface area contributed by atoms with Crippen LogP contribution in [-0.4, -0.2) is 21.3 Å². The van der Waals surface area contributed by atoms with Crippen LogP contribution in [0.1, 0.15) is 33.2 Å². The molecule has 0 radical (unpaired) electrons. The van der Waals surface area contributed by atoms with E-state index in [2.05, 4.69) is 22.3 Å². The Bertz CT molecular complexity index is 614. The number of hydrogen-bond acceptors (Lipinski definition) is 2. The third-order valence-electron chi connectivity index (χ3n) is 3.23. The largest absolute Gasteiger partial charge is 0.476 e. The molecule has 90 valence electrons. The Morgan fingerprint density at radius 2 is 2.11 bits per heavy atom. The predicted molar refractivity (Wildman–Crippen MR) is 67.5 cm³/mol. The van der Waals surface area contributed by atoms with Gasteiger partial charge in [-0.1, -0.05) is 42.5 Å². The molecule has 4 heteroatoms. The number of allylic oxidation sites excluding steroid dienone is 1. The maximum absolute atomic E-state index is 11.0. The molecular weight excluding hydrogens is 228 g/mol. The first-order valence-corrected chi connectivity index (χ1v) is 5.79. The van der Waals surface area contributed by atoms with Gasteiger partial charge >= 0.3 is 5.97 Å². The van der Waals surface area contributed by atoms with Gasteiger partial charge in [-0.25, -0.2) is 4.79 Å². The number of nitrogens with one attached hydrogen (secondary N) is 1. The van der Waals surface area contributed by atoms with E-state index >= 15 is 0 Å². The number of benzene rings is 1. The van der Waals surface area contributed by atoms with Crippen molar-refractivity contribution in [3.05, 3.63) is 58.9 Å². The smallest absolute Gasteiger partial charge is 0.357 e. The van der Waals surface area contributed by atoms with Gasteiger partial charge in [0.15, 0.2) is 5.69 Å². The van der Waals surface area contributed by atoms with Crippen LogP contribution in [0.2, 0.25) is 0 Å². The van der Waals surface area contributed by atoms with Gasteiger partial charge in [-0.2, -0.15) is 5.10 Å². The molecule has 1 aliphatic rings. The number of rotatable bonds is 2. The van der Waals surface area contributed by atoms with E-state index in [0.717, 1.165) is 12.1 Å². The SMILES string of the molecule is O=C(O)c1n[nH]c2c1C=C[C@H](c1ccccc1)C2. The van der Waals surface area contributed by atoms with Gasteiger partial charge in [0, 0.05) is 23.6 Å². The molecule has 0 fully saturated rings. The number of carboxylic acids is 1. The fourth-order valence-corrected chi connectivity index (χ4v) is 2.31. The Morgan fingerprint density at radius 1 is 1.33 bits per heavy atom. The van der Waals surface area contributed by atoms with E-state index < -0.39 is 5.97 Å². The number of fused-ring (bicyclic) bond motifs is 1. The molecule has 18 heavy (non-hydrogen) atoms. The van der Waals surface area contributed by atoms with E-state index in [-0.39, 0.29) is 11.6 Å². The van der Waals surface area contributed by atoms with Crippen LogP contribution >= 0.6 is 0 Å². The molecule has 0 amide bonds. The van der Waals surface area contributed by atoms with Gasteiger partial charge in [-0.05, 0) is 5.56 Å². The topological polar surface area (TPSA) is 66.0 Å². The summed E-state index contributed by atoms with van der Waals surface area (Å²) in [4.78, 5) is 11.0. The highest BCUT2D eigenvalue weighted by molar-refractivity contribution is 5.90. The molecule has 2 N–H and O–H groups in total. The summed E-state index contributed by atoms with van der Waals surface area (Å²) in [7, 11) is 0. The zero-order valence-corrected chi connectivity index (χ0v) is 9.63. The van der Waals surface area contributed by atoms with Crippen molar-refractivity contribution in [3.63, 3.8) is 0 Å². The highest BCUT2D eigenvalue weighted by Crippen LogP contribution is 2.30. The fourth-order valence-electron chi connectivity index (χ4n) is 2.31. The molecule has 1 heterocycles. The van der Waals surface area contributed by atoms with E-state index in [1.54, 1.807) is 0 Å². The number of aromatic amines is 1. The lowest BCUT2D eigenvalue weighted by Crippen LogP contribution is -2.07. The molecular formula is C14H12N2O2. The Balaban J connectivity index is 1.94. The van der Waals surface area contributed by atoms with Gasteiger partial charge in [0.2, 0.25) is 0 Å². The monoisotopic (exact) mass is 240 g/mol. The summed E-state index contributed by atoms with van der Waals surface area (Å²) in [6.07, 6.45) is 4.65. The fraction of sp³-hybridized carbons (Fsp3) is 0.143. The average molecular weight is 240 g/mol. The second kappa shape index (κ2) is 4.14. The first-order valence-electron chi connectivity index (χ1n) is 5.79. The number of carboxylic acid groups (broad SMARTS) is 1. The zero-order valence-electron chi connectivity index (χ0n) is 9.63. The molecule has 1 aromatic carbocycles. The zero-order chi connectivity index (χ0) is 12.5. The second-order valence-corrected chi connectivity index (χ2v) is 4.35. The summed E-state index contributed by atoms with van der Waals surface area (Å²) in [6.45, 7) is 0. The standard InChI is InChI=1S/C14H12N2O2/c17-14(18)13-11-7-6-10(8-12(11)15-16-13)9-4-2-1-3-5-9/h1-7,10H,8H2,(H,15,16)(H,17,18)/t10-/m0/s1. The molecule has 1 atom stereocenters. The summed E-state index contributed by atoms with van der Waals surface area (Å²) in [6, 6.07) is 10.2. The minimum atomic E-state index is -0.990. The molecule has 1 aromatic heterocycles. The van der Waals surface area contributed by atoms with E-state index in [0.29, 0.717) is 5.56 Å². The van der Waals surface area contributed by atoms with Crippen LogP contribution in [0, 0.1) is 0 Å². The number of aromatic nitrogens is 2. The van der Waals surface area contributed by atoms with Crippen molar-refractivity contribution >= 4 is 12.0 Å². The van der Waals surface area contributed by atoms with Gasteiger partial charge in [0.25, 0.3) is 0 Å². The van der Waals surface area contributed by atoms with Crippen LogP contribution in [0.5, 0.6) is 0 Å². The second-order valence-electron chi connectivity index (χ2n) is 4.35. The molecule has 0 aliphatic heterocycles. The molecule has 3 rings (SSSR count). The molecule has 0 saturated carbocycles. The number of hydrogen-bond donors (Lipinski definition) is 2. The van der Waals surface area contributed by atoms with Crippen LogP contribution in [0.25, 0.3) is 6.08 Å². The maximum atomic E-state index is 11.0. The highest BCUT2D eigenvalue weighted by atomic mass is 16.4. The predicted octanol–water partition coefficient (Wildman–Crippen LogP) is 2.46. The van der Waals surface area contributed by atoms with Gasteiger partial charge in [0.1, 0.15) is 0 Å². The lowest BCUT2D eigenvalue weighted by Gasteiger charge is -2.16. The molecule has 0 spiro atoms. The van der Waals surface area contributed by atoms with E-state index in [4.69, 9.17) is 5.11 Å². The minimum absolute atomic E-state index is 0.104. The van der Waals surface area contributed by atoms with E-state index in [1.165, 1.54) is 5.56 Å². The summed E-state index contributed by atoms with van der Waals surface area (Å²) in [5, 5.41) is 15.7. The number of aromatic carboxylic acids is 1. The van der Waals surface area contributed by atoms with Crippen molar-refractivity contribution in [2.24, 2.45) is 0 Å². The van der Waals surface area contributed by atoms with Crippen molar-refractivity contribution < 1.29 is 9.90 Å². The Labute approximate surface area is 104 Å². The van der Waals surface area contributed by atoms with Crippen molar-refractivity contribution in [1.82, 2.24) is 10.2 Å². The molecule has 4 nitrogen and oxygen atoms in total. The van der Waals surface area contributed by atoms with Crippen molar-refractivity contribution in [1.29, 1.82) is 0 Å². The summed E-state index contributed by atoms with van der Waals surface area (Å²) in [5.41, 5.74) is 2.93. The van der Waals surface area contributed by atoms with Crippen molar-refractivity contribution in [2.75, 3.05) is 0 Å². The van der Waals surface area contributed by atoms with E-state index in [1.807, 2.05) is 30.4 Å². The Kier molecular flexibility index (Phi) is 2.48. The van der Waals surface area contributed by atoms with Crippen LogP contribution in [0.4, 0.5) is 0 Å². The van der Waals surface area contributed by atoms with Crippen molar-refractivity contribution in [3.8, 4) is 0 Å². The van der Waals surface area contributed by atoms with Gasteiger partial charge < -0.3 is 5.11 Å². The molecule has 0 bridgehead atoms. The van der Waals surface area contributed by atoms with Gasteiger partial charge in [-0.3, -0.25) is 5.10 Å². The molecule has 2 aromatic rings. The lowest BCUT2D eigenvalue weighted by molar-refractivity contribution is 0.0690. The average Bonchev–Trinajstić information content (AvgIpc) is 2.82. The van der Waals surface area contributed by atoms with E-state index in [9.17, 15) is 4.79 Å². The number of nitrogens with zero attached hydrogens (tertiary/aromatic N) is 1. The first-order chi connectivity index (χ1) is 8.75. The summed E-state index contributed by atoms with van der Waals surface area (Å²) in [5.74, 6) is -0.712. The molecule has 0 saturated heterocycles. The van der Waals surface area contributed by atoms with Crippen LogP contribution in [0.15, 0.2) is 36.4 Å². The van der Waals surface area contributed by atoms with Gasteiger partial charge in [-0.15, -0.1) is 0 Å². The minimum Gasteiger partial charge on any atom is -0.476 e. The quantitative estimate of drug-likeness (QED) is 0.847. The normalized spacial score (nSPS) is 17.4. The number of carbonyl (C=O) groups is 1. The van der Waals surface area contributed by atoms with Gasteiger partial charge in [0.05, 0.1) is 0 Å². The first kappa shape index (κ1) is 10.8. The van der Waals surface area contributed by atoms with Crippen LogP contribution < -0.4 is 0 Å². The molecule has 1 aliphatic carbocycles. The molecule has 0 unspecified atom stereocenters. The lowest BCUT2D eigenvalue weighted by atomic mass is 9.88. The third kappa shape index (κ3) is 1.72. The highest BCUT2D eigenvalue weighted by Gasteiger charge is 2.22. The maximum Gasteiger partial charge on any atom is 0.357 e. The summed E-state index contributed by atoms with van der Waals surface area (Å²) < 4.78 is 0. The third-order valence-corrected chi connectivity index (χ3v) is 3.23. The van der Waals surface area contributed by atoms with Crippen LogP contribution in [0.3, 0.4) is 0 Å². The Hall–Kier alpha value is -2.36. The number of H-pyrrole nitrogens is 1. The van der Waals surface area contributed by atoms with Crippen LogP contribution in [-0.2, 0) is 6.42 Å².